The van der Waals surface area contributed by atoms with E-state index in [0.717, 1.165) is 0 Å². The molecule has 1 aromatic carbocycles. The molecule has 2 nitrogen and oxygen atoms in total. The van der Waals surface area contributed by atoms with Crippen molar-refractivity contribution in [2.45, 2.75) is 12.8 Å². The first-order valence-corrected chi connectivity index (χ1v) is 5.98. The SMILES string of the molecule is CCOC(=O)C(F)(F)c1ccc(Br)c(Br)c1. The fourth-order valence-electron chi connectivity index (χ4n) is 1.03. The molecule has 0 saturated carbocycles. The summed E-state index contributed by atoms with van der Waals surface area (Å²) in [7, 11) is 0. The van der Waals surface area contributed by atoms with Crippen molar-refractivity contribution >= 4 is 37.8 Å². The molecule has 0 aliphatic carbocycles. The number of ether oxygens (including phenoxy) is 1. The second kappa shape index (κ2) is 5.23. The monoisotopic (exact) mass is 356 g/mol. The molecule has 0 aliphatic rings. The maximum absolute atomic E-state index is 13.5. The molecule has 0 aromatic heterocycles. The van der Waals surface area contributed by atoms with Gasteiger partial charge in [0.2, 0.25) is 0 Å². The van der Waals surface area contributed by atoms with Crippen LogP contribution in [0.4, 0.5) is 8.78 Å². The van der Waals surface area contributed by atoms with Crippen LogP contribution in [0.2, 0.25) is 0 Å². The van der Waals surface area contributed by atoms with Crippen LogP contribution < -0.4 is 0 Å². The van der Waals surface area contributed by atoms with E-state index in [-0.39, 0.29) is 6.61 Å². The van der Waals surface area contributed by atoms with Crippen molar-refractivity contribution < 1.29 is 18.3 Å². The quantitative estimate of drug-likeness (QED) is 0.767. The van der Waals surface area contributed by atoms with Crippen molar-refractivity contribution in [3.63, 3.8) is 0 Å². The lowest BCUT2D eigenvalue weighted by Gasteiger charge is -2.15. The number of halogens is 4. The van der Waals surface area contributed by atoms with Crippen LogP contribution in [0.3, 0.4) is 0 Å². The Morgan fingerprint density at radius 3 is 2.50 bits per heavy atom. The Balaban J connectivity index is 3.06. The third kappa shape index (κ3) is 2.79. The molecule has 0 radical (unpaired) electrons. The fraction of sp³-hybridized carbons (Fsp3) is 0.300. The van der Waals surface area contributed by atoms with Gasteiger partial charge in [-0.25, -0.2) is 4.79 Å². The molecule has 88 valence electrons. The molecule has 0 N–H and O–H groups in total. The van der Waals surface area contributed by atoms with Crippen LogP contribution in [0, 0.1) is 0 Å². The molecule has 0 heterocycles. The zero-order valence-electron chi connectivity index (χ0n) is 8.27. The highest BCUT2D eigenvalue weighted by atomic mass is 79.9. The van der Waals surface area contributed by atoms with E-state index in [1.165, 1.54) is 25.1 Å². The van der Waals surface area contributed by atoms with E-state index < -0.39 is 17.5 Å². The Morgan fingerprint density at radius 1 is 1.38 bits per heavy atom. The molecule has 0 amide bonds. The molecule has 0 unspecified atom stereocenters. The Labute approximate surface area is 108 Å². The summed E-state index contributed by atoms with van der Waals surface area (Å²) in [6.07, 6.45) is 0. The van der Waals surface area contributed by atoms with Gasteiger partial charge in [0.1, 0.15) is 0 Å². The summed E-state index contributed by atoms with van der Waals surface area (Å²) >= 11 is 6.25. The van der Waals surface area contributed by atoms with Crippen LogP contribution in [-0.4, -0.2) is 12.6 Å². The van der Waals surface area contributed by atoms with Gasteiger partial charge in [-0.15, -0.1) is 0 Å². The zero-order chi connectivity index (χ0) is 12.3. The standard InChI is InChI=1S/C10H8Br2F2O2/c1-2-16-9(15)10(13,14)6-3-4-7(11)8(12)5-6/h3-5H,2H2,1H3. The Kier molecular flexibility index (Phi) is 4.43. The molecular formula is C10H8Br2F2O2. The largest absolute Gasteiger partial charge is 0.461 e. The number of rotatable bonds is 3. The van der Waals surface area contributed by atoms with Crippen LogP contribution in [-0.2, 0) is 15.5 Å². The molecule has 16 heavy (non-hydrogen) atoms. The predicted molar refractivity (Wildman–Crippen MR) is 62.4 cm³/mol. The summed E-state index contributed by atoms with van der Waals surface area (Å²) in [6.45, 7) is 1.40. The number of hydrogen-bond donors (Lipinski definition) is 0. The van der Waals surface area contributed by atoms with Crippen molar-refractivity contribution in [3.05, 3.63) is 32.7 Å². The van der Waals surface area contributed by atoms with Gasteiger partial charge < -0.3 is 4.74 Å². The Bertz CT molecular complexity index is 408. The summed E-state index contributed by atoms with van der Waals surface area (Å²) in [4.78, 5) is 11.1. The van der Waals surface area contributed by atoms with Gasteiger partial charge in [-0.05, 0) is 50.9 Å². The average molecular weight is 358 g/mol. The second-order valence-corrected chi connectivity index (χ2v) is 4.63. The highest BCUT2D eigenvalue weighted by molar-refractivity contribution is 9.13. The second-order valence-electron chi connectivity index (χ2n) is 2.92. The molecule has 0 fully saturated rings. The molecule has 1 aromatic rings. The van der Waals surface area contributed by atoms with Gasteiger partial charge in [0, 0.05) is 14.5 Å². The van der Waals surface area contributed by atoms with Gasteiger partial charge in [0.25, 0.3) is 0 Å². The van der Waals surface area contributed by atoms with E-state index in [4.69, 9.17) is 0 Å². The first-order chi connectivity index (χ1) is 7.39. The van der Waals surface area contributed by atoms with E-state index in [0.29, 0.717) is 8.95 Å². The number of carbonyl (C=O) groups is 1. The molecule has 0 aliphatic heterocycles. The minimum absolute atomic E-state index is 0.0773. The minimum atomic E-state index is -3.63. The maximum atomic E-state index is 13.5. The van der Waals surface area contributed by atoms with Gasteiger partial charge in [-0.2, -0.15) is 8.78 Å². The van der Waals surface area contributed by atoms with Crippen LogP contribution in [0.5, 0.6) is 0 Å². The number of alkyl halides is 2. The smallest absolute Gasteiger partial charge is 0.381 e. The summed E-state index contributed by atoms with van der Waals surface area (Å²) in [5.74, 6) is -5.16. The Hall–Kier alpha value is -0.490. The van der Waals surface area contributed by atoms with Gasteiger partial charge in [0.05, 0.1) is 6.61 Å². The van der Waals surface area contributed by atoms with Crippen molar-refractivity contribution in [1.29, 1.82) is 0 Å². The van der Waals surface area contributed by atoms with Crippen molar-refractivity contribution in [3.8, 4) is 0 Å². The third-order valence-corrected chi connectivity index (χ3v) is 3.69. The zero-order valence-corrected chi connectivity index (χ0v) is 11.4. The van der Waals surface area contributed by atoms with Gasteiger partial charge >= 0.3 is 11.9 Å². The highest BCUT2D eigenvalue weighted by Crippen LogP contribution is 2.33. The lowest BCUT2D eigenvalue weighted by Crippen LogP contribution is -2.28. The van der Waals surface area contributed by atoms with Crippen molar-refractivity contribution in [2.75, 3.05) is 6.61 Å². The van der Waals surface area contributed by atoms with E-state index >= 15 is 0 Å². The van der Waals surface area contributed by atoms with Gasteiger partial charge in [0.15, 0.2) is 0 Å². The van der Waals surface area contributed by atoms with Crippen molar-refractivity contribution in [1.82, 2.24) is 0 Å². The van der Waals surface area contributed by atoms with Crippen LogP contribution in [0.25, 0.3) is 0 Å². The number of esters is 1. The fourth-order valence-corrected chi connectivity index (χ4v) is 1.66. The minimum Gasteiger partial charge on any atom is -0.461 e. The number of hydrogen-bond acceptors (Lipinski definition) is 2. The first kappa shape index (κ1) is 13.6. The van der Waals surface area contributed by atoms with Crippen molar-refractivity contribution in [2.24, 2.45) is 0 Å². The maximum Gasteiger partial charge on any atom is 0.381 e. The first-order valence-electron chi connectivity index (χ1n) is 4.40. The third-order valence-electron chi connectivity index (χ3n) is 1.81. The lowest BCUT2D eigenvalue weighted by molar-refractivity contribution is -0.173. The Morgan fingerprint density at radius 2 is 2.00 bits per heavy atom. The average Bonchev–Trinajstić information content (AvgIpc) is 2.22. The highest BCUT2D eigenvalue weighted by Gasteiger charge is 2.42. The molecule has 6 heteroatoms. The molecule has 0 atom stereocenters. The topological polar surface area (TPSA) is 26.3 Å². The molecule has 0 bridgehead atoms. The van der Waals surface area contributed by atoms with E-state index in [9.17, 15) is 13.6 Å². The van der Waals surface area contributed by atoms with Gasteiger partial charge in [-0.1, -0.05) is 6.07 Å². The van der Waals surface area contributed by atoms with Crippen LogP contribution in [0.15, 0.2) is 27.1 Å². The molecule has 1 rings (SSSR count). The molecule has 0 saturated heterocycles. The lowest BCUT2D eigenvalue weighted by atomic mass is 10.1. The number of benzene rings is 1. The van der Waals surface area contributed by atoms with Gasteiger partial charge in [-0.3, -0.25) is 0 Å². The normalized spacial score (nSPS) is 11.3. The van der Waals surface area contributed by atoms with E-state index in [1.807, 2.05) is 0 Å². The van der Waals surface area contributed by atoms with E-state index in [2.05, 4.69) is 36.6 Å². The summed E-state index contributed by atoms with van der Waals surface area (Å²) in [6, 6.07) is 3.79. The summed E-state index contributed by atoms with van der Waals surface area (Å²) in [5.41, 5.74) is -0.402. The summed E-state index contributed by atoms with van der Waals surface area (Å²) < 4.78 is 32.5. The molecular weight excluding hydrogens is 350 g/mol. The van der Waals surface area contributed by atoms with Crippen LogP contribution in [0.1, 0.15) is 12.5 Å². The molecule has 0 spiro atoms. The van der Waals surface area contributed by atoms with Crippen LogP contribution >= 0.6 is 31.9 Å². The summed E-state index contributed by atoms with van der Waals surface area (Å²) in [5, 5.41) is 0. The van der Waals surface area contributed by atoms with E-state index in [1.54, 1.807) is 0 Å². The number of carbonyl (C=O) groups excluding carboxylic acids is 1. The predicted octanol–water partition coefficient (Wildman–Crippen LogP) is 3.87.